The van der Waals surface area contributed by atoms with Crippen molar-refractivity contribution < 1.29 is 19.4 Å². The lowest BCUT2D eigenvalue weighted by Crippen LogP contribution is -2.31. The van der Waals surface area contributed by atoms with Crippen molar-refractivity contribution in [3.63, 3.8) is 0 Å². The van der Waals surface area contributed by atoms with Gasteiger partial charge in [0.2, 0.25) is 0 Å². The van der Waals surface area contributed by atoms with E-state index in [-0.39, 0.29) is 11.5 Å². The number of nitrogens with zero attached hydrogens (tertiary/aromatic N) is 2. The van der Waals surface area contributed by atoms with E-state index in [4.69, 9.17) is 9.84 Å². The molecular formula is C15H16N2O4S. The van der Waals surface area contributed by atoms with E-state index in [0.29, 0.717) is 17.4 Å². The highest BCUT2D eigenvalue weighted by molar-refractivity contribution is 7.17. The monoisotopic (exact) mass is 320 g/mol. The van der Waals surface area contributed by atoms with Crippen molar-refractivity contribution in [1.29, 1.82) is 0 Å². The summed E-state index contributed by atoms with van der Waals surface area (Å²) in [6.07, 6.45) is -0.544. The van der Waals surface area contributed by atoms with Crippen LogP contribution in [0.1, 0.15) is 27.9 Å². The van der Waals surface area contributed by atoms with Crippen molar-refractivity contribution in [2.24, 2.45) is 0 Å². The van der Waals surface area contributed by atoms with Gasteiger partial charge in [0, 0.05) is 6.54 Å². The molecule has 0 fully saturated rings. The first-order valence-corrected chi connectivity index (χ1v) is 7.53. The molecule has 0 aliphatic heterocycles. The zero-order chi connectivity index (χ0) is 16.1. The molecule has 1 aromatic carbocycles. The quantitative estimate of drug-likeness (QED) is 0.914. The Balaban J connectivity index is 2.09. The van der Waals surface area contributed by atoms with Crippen LogP contribution in [0.25, 0.3) is 0 Å². The number of thiazole rings is 1. The first-order valence-electron chi connectivity index (χ1n) is 6.71. The molecular weight excluding hydrogens is 304 g/mol. The molecule has 1 aromatic heterocycles. The second-order valence-electron chi connectivity index (χ2n) is 4.50. The molecule has 7 heteroatoms. The number of benzene rings is 1. The van der Waals surface area contributed by atoms with E-state index in [1.807, 2.05) is 30.3 Å². The molecule has 0 saturated carbocycles. The van der Waals surface area contributed by atoms with Crippen LogP contribution in [0.4, 0.5) is 9.93 Å². The van der Waals surface area contributed by atoms with Gasteiger partial charge in [-0.05, 0) is 19.4 Å². The summed E-state index contributed by atoms with van der Waals surface area (Å²) in [6.45, 7) is 3.89. The maximum absolute atomic E-state index is 12.2. The molecule has 0 atom stereocenters. The second-order valence-corrected chi connectivity index (χ2v) is 5.48. The smallest absolute Gasteiger partial charge is 0.416 e. The van der Waals surface area contributed by atoms with Gasteiger partial charge in [-0.15, -0.1) is 0 Å². The number of ether oxygens (including phenoxy) is 1. The molecule has 0 aliphatic rings. The Morgan fingerprint density at radius 2 is 2.00 bits per heavy atom. The zero-order valence-electron chi connectivity index (χ0n) is 12.3. The van der Waals surface area contributed by atoms with Crippen molar-refractivity contribution in [3.05, 3.63) is 46.5 Å². The normalized spacial score (nSPS) is 10.3. The largest absolute Gasteiger partial charge is 0.477 e. The lowest BCUT2D eigenvalue weighted by atomic mass is 10.2. The fourth-order valence-corrected chi connectivity index (χ4v) is 2.80. The van der Waals surface area contributed by atoms with E-state index in [0.717, 1.165) is 16.9 Å². The number of carbonyl (C=O) groups excluding carboxylic acids is 1. The molecule has 6 nitrogen and oxygen atoms in total. The number of carboxylic acid groups (broad SMARTS) is 1. The van der Waals surface area contributed by atoms with E-state index < -0.39 is 12.1 Å². The topological polar surface area (TPSA) is 79.7 Å². The zero-order valence-corrected chi connectivity index (χ0v) is 13.1. The average Bonchev–Trinajstić information content (AvgIpc) is 2.89. The third-order valence-electron chi connectivity index (χ3n) is 2.95. The number of aromatic carboxylic acids is 1. The molecule has 0 bridgehead atoms. The summed E-state index contributed by atoms with van der Waals surface area (Å²) in [5, 5.41) is 9.39. The number of rotatable bonds is 5. The lowest BCUT2D eigenvalue weighted by Gasteiger charge is -2.17. The van der Waals surface area contributed by atoms with Crippen molar-refractivity contribution in [3.8, 4) is 0 Å². The predicted molar refractivity (Wildman–Crippen MR) is 83.5 cm³/mol. The Hall–Kier alpha value is -2.41. The molecule has 116 valence electrons. The molecule has 22 heavy (non-hydrogen) atoms. The number of hydrogen-bond acceptors (Lipinski definition) is 5. The fraction of sp³-hybridized carbons (Fsp3) is 0.267. The standard InChI is InChI=1S/C15H16N2O4S/c1-3-17(14-16-10(2)12(22-14)13(18)19)15(20)21-9-11-7-5-4-6-8-11/h4-8H,3,9H2,1-2H3,(H,18,19). The molecule has 0 radical (unpaired) electrons. The maximum atomic E-state index is 12.2. The second kappa shape index (κ2) is 7.04. The van der Waals surface area contributed by atoms with E-state index >= 15 is 0 Å². The molecule has 2 rings (SSSR count). The predicted octanol–water partition coefficient (Wildman–Crippen LogP) is 3.31. The van der Waals surface area contributed by atoms with Gasteiger partial charge in [-0.3, -0.25) is 4.90 Å². The minimum absolute atomic E-state index is 0.129. The van der Waals surface area contributed by atoms with Gasteiger partial charge in [0.15, 0.2) is 5.13 Å². The number of amides is 1. The Labute approximate surface area is 132 Å². The summed E-state index contributed by atoms with van der Waals surface area (Å²) in [5.41, 5.74) is 1.27. The molecule has 0 spiro atoms. The van der Waals surface area contributed by atoms with Crippen LogP contribution in [-0.4, -0.2) is 28.7 Å². The molecule has 1 N–H and O–H groups in total. The number of aromatic nitrogens is 1. The minimum atomic E-state index is -1.05. The Kier molecular flexibility index (Phi) is 5.11. The third-order valence-corrected chi connectivity index (χ3v) is 4.12. The number of hydrogen-bond donors (Lipinski definition) is 1. The van der Waals surface area contributed by atoms with Gasteiger partial charge in [0.1, 0.15) is 11.5 Å². The van der Waals surface area contributed by atoms with Crippen LogP contribution in [0.15, 0.2) is 30.3 Å². The lowest BCUT2D eigenvalue weighted by molar-refractivity contribution is 0.0701. The van der Waals surface area contributed by atoms with E-state index in [9.17, 15) is 9.59 Å². The molecule has 0 saturated heterocycles. The molecule has 0 unspecified atom stereocenters. The first kappa shape index (κ1) is 16.0. The first-order chi connectivity index (χ1) is 10.5. The molecule has 2 aromatic rings. The number of carboxylic acids is 1. The van der Waals surface area contributed by atoms with Crippen LogP contribution in [0.2, 0.25) is 0 Å². The highest BCUT2D eigenvalue weighted by Crippen LogP contribution is 2.26. The van der Waals surface area contributed by atoms with Crippen LogP contribution in [-0.2, 0) is 11.3 Å². The molecule has 1 heterocycles. The SMILES string of the molecule is CCN(C(=O)OCc1ccccc1)c1nc(C)c(C(=O)O)s1. The van der Waals surface area contributed by atoms with Crippen LogP contribution in [0.5, 0.6) is 0 Å². The average molecular weight is 320 g/mol. The van der Waals surface area contributed by atoms with Gasteiger partial charge in [-0.25, -0.2) is 14.6 Å². The summed E-state index contributed by atoms with van der Waals surface area (Å²) < 4.78 is 5.25. The number of aryl methyl sites for hydroxylation is 1. The molecule has 0 aliphatic carbocycles. The summed E-state index contributed by atoms with van der Waals surface area (Å²) in [4.78, 5) is 28.8. The van der Waals surface area contributed by atoms with E-state index in [1.54, 1.807) is 13.8 Å². The Morgan fingerprint density at radius 3 is 2.55 bits per heavy atom. The summed E-state index contributed by atoms with van der Waals surface area (Å²) in [6, 6.07) is 9.34. The van der Waals surface area contributed by atoms with E-state index in [1.165, 1.54) is 4.90 Å². The highest BCUT2D eigenvalue weighted by atomic mass is 32.1. The van der Waals surface area contributed by atoms with Gasteiger partial charge in [-0.1, -0.05) is 41.7 Å². The van der Waals surface area contributed by atoms with Crippen LogP contribution >= 0.6 is 11.3 Å². The van der Waals surface area contributed by atoms with E-state index in [2.05, 4.69) is 4.98 Å². The van der Waals surface area contributed by atoms with Crippen molar-refractivity contribution in [1.82, 2.24) is 4.98 Å². The van der Waals surface area contributed by atoms with Crippen LogP contribution < -0.4 is 4.90 Å². The highest BCUT2D eigenvalue weighted by Gasteiger charge is 2.22. The van der Waals surface area contributed by atoms with Crippen LogP contribution in [0.3, 0.4) is 0 Å². The summed E-state index contributed by atoms with van der Waals surface area (Å²) in [5.74, 6) is -1.05. The molecule has 1 amide bonds. The third kappa shape index (κ3) is 3.62. The van der Waals surface area contributed by atoms with Gasteiger partial charge in [-0.2, -0.15) is 0 Å². The van der Waals surface area contributed by atoms with Crippen molar-refractivity contribution in [2.75, 3.05) is 11.4 Å². The summed E-state index contributed by atoms with van der Waals surface area (Å²) >= 11 is 0.965. The Bertz CT molecular complexity index is 669. The maximum Gasteiger partial charge on any atom is 0.416 e. The number of anilines is 1. The Morgan fingerprint density at radius 1 is 1.32 bits per heavy atom. The summed E-state index contributed by atoms with van der Waals surface area (Å²) in [7, 11) is 0. The minimum Gasteiger partial charge on any atom is -0.477 e. The van der Waals surface area contributed by atoms with Crippen molar-refractivity contribution in [2.45, 2.75) is 20.5 Å². The van der Waals surface area contributed by atoms with Gasteiger partial charge >= 0.3 is 12.1 Å². The number of carbonyl (C=O) groups is 2. The fourth-order valence-electron chi connectivity index (χ4n) is 1.84. The van der Waals surface area contributed by atoms with Gasteiger partial charge in [0.05, 0.1) is 5.69 Å². The van der Waals surface area contributed by atoms with Crippen molar-refractivity contribution >= 4 is 28.5 Å². The van der Waals surface area contributed by atoms with Gasteiger partial charge in [0.25, 0.3) is 0 Å². The van der Waals surface area contributed by atoms with Gasteiger partial charge < -0.3 is 9.84 Å². The van der Waals surface area contributed by atoms with Crippen LogP contribution in [0, 0.1) is 6.92 Å².